The summed E-state index contributed by atoms with van der Waals surface area (Å²) in [6.45, 7) is 6.51. The second-order valence-corrected chi connectivity index (χ2v) is 6.05. The molecular weight excluding hydrogens is 250 g/mol. The second-order valence-electron chi connectivity index (χ2n) is 6.05. The Kier molecular flexibility index (Phi) is 4.14. The largest absolute Gasteiger partial charge is 0.396 e. The molecule has 0 aliphatic rings. The number of fused-ring (bicyclic) bond motifs is 1. The van der Waals surface area contributed by atoms with E-state index < -0.39 is 5.60 Å². The van der Waals surface area contributed by atoms with Crippen molar-refractivity contribution in [2.75, 3.05) is 17.6 Å². The number of benzene rings is 1. The lowest BCUT2D eigenvalue weighted by Gasteiger charge is -2.26. The molecule has 2 aromatic rings. The standard InChI is InChI=1S/C16H23N3O/c1-11(2)8-16(3,20)10-19-15-12-6-4-5-7-14(12)18-9-13(15)17/h4-7,9,11,20H,8,10,17H2,1-3H3,(H,18,19). The number of rotatable bonds is 5. The Labute approximate surface area is 120 Å². The number of nitrogen functional groups attached to an aromatic ring is 1. The Balaban J connectivity index is 2.23. The van der Waals surface area contributed by atoms with Crippen LogP contribution < -0.4 is 11.1 Å². The predicted molar refractivity (Wildman–Crippen MR) is 84.7 cm³/mol. The lowest BCUT2D eigenvalue weighted by molar-refractivity contribution is 0.0516. The fraction of sp³-hybridized carbons (Fsp3) is 0.438. The van der Waals surface area contributed by atoms with E-state index >= 15 is 0 Å². The van der Waals surface area contributed by atoms with E-state index in [1.54, 1.807) is 6.20 Å². The number of hydrogen-bond acceptors (Lipinski definition) is 4. The molecule has 4 nitrogen and oxygen atoms in total. The summed E-state index contributed by atoms with van der Waals surface area (Å²) in [5.41, 5.74) is 7.60. The van der Waals surface area contributed by atoms with Crippen molar-refractivity contribution in [2.24, 2.45) is 5.92 Å². The first-order valence-corrected chi connectivity index (χ1v) is 6.98. The predicted octanol–water partition coefficient (Wildman–Crippen LogP) is 3.03. The van der Waals surface area contributed by atoms with Crippen molar-refractivity contribution >= 4 is 22.3 Å². The summed E-state index contributed by atoms with van der Waals surface area (Å²) in [5.74, 6) is 0.443. The van der Waals surface area contributed by atoms with Crippen LogP contribution in [0.25, 0.3) is 10.9 Å². The molecule has 0 spiro atoms. The molecule has 4 heteroatoms. The zero-order valence-corrected chi connectivity index (χ0v) is 12.4. The molecule has 1 atom stereocenters. The monoisotopic (exact) mass is 273 g/mol. The van der Waals surface area contributed by atoms with E-state index in [0.29, 0.717) is 18.2 Å². The maximum atomic E-state index is 10.4. The number of nitrogens with two attached hydrogens (primary N) is 1. The number of aliphatic hydroxyl groups is 1. The molecule has 1 heterocycles. The van der Waals surface area contributed by atoms with Crippen LogP contribution in [-0.2, 0) is 0 Å². The molecule has 0 radical (unpaired) electrons. The van der Waals surface area contributed by atoms with Gasteiger partial charge in [0.1, 0.15) is 0 Å². The highest BCUT2D eigenvalue weighted by Crippen LogP contribution is 2.28. The van der Waals surface area contributed by atoms with Gasteiger partial charge in [0.25, 0.3) is 0 Å². The molecule has 1 unspecified atom stereocenters. The van der Waals surface area contributed by atoms with Gasteiger partial charge in [-0.15, -0.1) is 0 Å². The van der Waals surface area contributed by atoms with Gasteiger partial charge in [-0.2, -0.15) is 0 Å². The summed E-state index contributed by atoms with van der Waals surface area (Å²) >= 11 is 0. The average Bonchev–Trinajstić information content (AvgIpc) is 2.36. The Morgan fingerprint density at radius 1 is 1.35 bits per heavy atom. The van der Waals surface area contributed by atoms with Crippen molar-refractivity contribution in [3.05, 3.63) is 30.5 Å². The normalized spacial score (nSPS) is 14.4. The molecule has 20 heavy (non-hydrogen) atoms. The van der Waals surface area contributed by atoms with Crippen molar-refractivity contribution in [1.82, 2.24) is 4.98 Å². The van der Waals surface area contributed by atoms with Gasteiger partial charge in [0.15, 0.2) is 0 Å². The Morgan fingerprint density at radius 2 is 2.05 bits per heavy atom. The third-order valence-corrected chi connectivity index (χ3v) is 3.30. The first-order chi connectivity index (χ1) is 9.39. The van der Waals surface area contributed by atoms with E-state index in [4.69, 9.17) is 5.73 Å². The third-order valence-electron chi connectivity index (χ3n) is 3.30. The highest BCUT2D eigenvalue weighted by Gasteiger charge is 2.22. The number of hydrogen-bond donors (Lipinski definition) is 3. The Hall–Kier alpha value is -1.81. The van der Waals surface area contributed by atoms with Crippen molar-refractivity contribution in [2.45, 2.75) is 32.8 Å². The maximum Gasteiger partial charge on any atom is 0.0793 e. The Morgan fingerprint density at radius 3 is 2.75 bits per heavy atom. The van der Waals surface area contributed by atoms with Crippen molar-refractivity contribution in [3.63, 3.8) is 0 Å². The third kappa shape index (κ3) is 3.39. The molecule has 4 N–H and O–H groups in total. The minimum atomic E-state index is -0.759. The fourth-order valence-electron chi connectivity index (χ4n) is 2.58. The van der Waals surface area contributed by atoms with Crippen molar-refractivity contribution in [3.8, 4) is 0 Å². The summed E-state index contributed by atoms with van der Waals surface area (Å²) in [5, 5.41) is 14.7. The Bertz CT molecular complexity index is 593. The highest BCUT2D eigenvalue weighted by molar-refractivity contribution is 5.96. The SMILES string of the molecule is CC(C)CC(C)(O)CNc1c(N)cnc2ccccc12. The number of nitrogens with one attached hydrogen (secondary N) is 1. The molecule has 0 fully saturated rings. The van der Waals surface area contributed by atoms with Crippen LogP contribution in [0, 0.1) is 5.92 Å². The van der Waals surface area contributed by atoms with Gasteiger partial charge in [0.2, 0.25) is 0 Å². The minimum Gasteiger partial charge on any atom is -0.396 e. The summed E-state index contributed by atoms with van der Waals surface area (Å²) in [6, 6.07) is 7.84. The van der Waals surface area contributed by atoms with Gasteiger partial charge in [0.05, 0.1) is 28.7 Å². The van der Waals surface area contributed by atoms with Gasteiger partial charge in [-0.25, -0.2) is 0 Å². The molecular formula is C16H23N3O. The first kappa shape index (κ1) is 14.6. The minimum absolute atomic E-state index is 0.443. The van der Waals surface area contributed by atoms with Gasteiger partial charge >= 0.3 is 0 Å². The van der Waals surface area contributed by atoms with E-state index in [2.05, 4.69) is 24.1 Å². The number of aromatic nitrogens is 1. The zero-order valence-electron chi connectivity index (χ0n) is 12.4. The molecule has 2 rings (SSSR count). The van der Waals surface area contributed by atoms with Crippen LogP contribution in [0.2, 0.25) is 0 Å². The van der Waals surface area contributed by atoms with E-state index in [1.165, 1.54) is 0 Å². The summed E-state index contributed by atoms with van der Waals surface area (Å²) in [7, 11) is 0. The topological polar surface area (TPSA) is 71.2 Å². The maximum absolute atomic E-state index is 10.4. The summed E-state index contributed by atoms with van der Waals surface area (Å²) < 4.78 is 0. The molecule has 0 saturated heterocycles. The average molecular weight is 273 g/mol. The molecule has 0 bridgehead atoms. The number of para-hydroxylation sites is 1. The fourth-order valence-corrected chi connectivity index (χ4v) is 2.58. The van der Waals surface area contributed by atoms with Crippen molar-refractivity contribution in [1.29, 1.82) is 0 Å². The number of pyridine rings is 1. The van der Waals surface area contributed by atoms with Crippen molar-refractivity contribution < 1.29 is 5.11 Å². The van der Waals surface area contributed by atoms with Gasteiger partial charge in [-0.05, 0) is 25.3 Å². The van der Waals surface area contributed by atoms with Gasteiger partial charge in [0, 0.05) is 11.9 Å². The number of nitrogens with zero attached hydrogens (tertiary/aromatic N) is 1. The van der Waals surface area contributed by atoms with Crippen LogP contribution in [0.1, 0.15) is 27.2 Å². The number of anilines is 2. The van der Waals surface area contributed by atoms with E-state index in [1.807, 2.05) is 31.2 Å². The van der Waals surface area contributed by atoms with Gasteiger partial charge in [-0.3, -0.25) is 4.98 Å². The second kappa shape index (κ2) is 5.67. The highest BCUT2D eigenvalue weighted by atomic mass is 16.3. The lowest BCUT2D eigenvalue weighted by Crippen LogP contribution is -2.35. The van der Waals surface area contributed by atoms with E-state index in [9.17, 15) is 5.11 Å². The van der Waals surface area contributed by atoms with Crippen LogP contribution in [0.15, 0.2) is 30.5 Å². The molecule has 0 aliphatic heterocycles. The summed E-state index contributed by atoms with van der Waals surface area (Å²) in [6.07, 6.45) is 2.39. The molecule has 1 aromatic carbocycles. The molecule has 1 aromatic heterocycles. The van der Waals surface area contributed by atoms with Crippen LogP contribution in [0.5, 0.6) is 0 Å². The van der Waals surface area contributed by atoms with Crippen LogP contribution in [-0.4, -0.2) is 22.2 Å². The molecule has 0 amide bonds. The smallest absolute Gasteiger partial charge is 0.0793 e. The molecule has 0 saturated carbocycles. The van der Waals surface area contributed by atoms with E-state index in [-0.39, 0.29) is 0 Å². The summed E-state index contributed by atoms with van der Waals surface area (Å²) in [4.78, 5) is 4.31. The zero-order chi connectivity index (χ0) is 14.8. The van der Waals surface area contributed by atoms with Crippen LogP contribution in [0.3, 0.4) is 0 Å². The first-order valence-electron chi connectivity index (χ1n) is 6.98. The van der Waals surface area contributed by atoms with E-state index in [0.717, 1.165) is 23.0 Å². The quantitative estimate of drug-likeness (QED) is 0.783. The van der Waals surface area contributed by atoms with Crippen LogP contribution in [0.4, 0.5) is 11.4 Å². The van der Waals surface area contributed by atoms with Crippen LogP contribution >= 0.6 is 0 Å². The molecule has 0 aliphatic carbocycles. The van der Waals surface area contributed by atoms with Gasteiger partial charge < -0.3 is 16.2 Å². The molecule has 108 valence electrons. The van der Waals surface area contributed by atoms with Gasteiger partial charge in [-0.1, -0.05) is 32.0 Å². The lowest BCUT2D eigenvalue weighted by atomic mass is 9.94.